The van der Waals surface area contributed by atoms with Gasteiger partial charge in [-0.3, -0.25) is 4.90 Å². The van der Waals surface area contributed by atoms with Crippen molar-refractivity contribution in [2.75, 3.05) is 13.2 Å². The van der Waals surface area contributed by atoms with Crippen LogP contribution >= 0.6 is 0 Å². The van der Waals surface area contributed by atoms with Crippen molar-refractivity contribution in [1.29, 1.82) is 0 Å². The molecule has 1 unspecified atom stereocenters. The van der Waals surface area contributed by atoms with Crippen LogP contribution in [0.25, 0.3) is 0 Å². The summed E-state index contributed by atoms with van der Waals surface area (Å²) in [7, 11) is 0. The summed E-state index contributed by atoms with van der Waals surface area (Å²) in [5.74, 6) is -0.172. The molecule has 1 heterocycles. The maximum absolute atomic E-state index is 13.4. The highest BCUT2D eigenvalue weighted by Crippen LogP contribution is 2.17. The maximum atomic E-state index is 13.4. The van der Waals surface area contributed by atoms with Gasteiger partial charge in [0.1, 0.15) is 5.82 Å². The average Bonchev–Trinajstić information content (AvgIpc) is 3.01. The van der Waals surface area contributed by atoms with Crippen LogP contribution in [0.3, 0.4) is 0 Å². The smallest absolute Gasteiger partial charge is 0.123 e. The zero-order chi connectivity index (χ0) is 15.2. The third kappa shape index (κ3) is 4.39. The number of hydrogen-bond acceptors (Lipinski definition) is 2. The first-order chi connectivity index (χ1) is 10.8. The predicted molar refractivity (Wildman–Crippen MR) is 85.9 cm³/mol. The Hall–Kier alpha value is -1.71. The number of rotatable bonds is 6. The summed E-state index contributed by atoms with van der Waals surface area (Å²) < 4.78 is 19.2. The molecule has 1 saturated heterocycles. The molecule has 3 rings (SSSR count). The van der Waals surface area contributed by atoms with Gasteiger partial charge in [0.15, 0.2) is 0 Å². The second-order valence-corrected chi connectivity index (χ2v) is 5.92. The van der Waals surface area contributed by atoms with Crippen molar-refractivity contribution in [3.05, 3.63) is 71.5 Å². The third-order valence-corrected chi connectivity index (χ3v) is 4.03. The van der Waals surface area contributed by atoms with Gasteiger partial charge >= 0.3 is 0 Å². The molecule has 0 amide bonds. The molecule has 0 aliphatic carbocycles. The van der Waals surface area contributed by atoms with Crippen LogP contribution in [0.1, 0.15) is 24.0 Å². The standard InChI is InChI=1S/C19H22FNO/c20-18-9-4-8-17(12-18)14-21(15-19-10-5-11-22-19)13-16-6-2-1-3-7-16/h1-4,6-9,12,19H,5,10-11,13-15H2. The zero-order valence-electron chi connectivity index (χ0n) is 12.7. The molecule has 0 aromatic heterocycles. The first-order valence-electron chi connectivity index (χ1n) is 7.92. The van der Waals surface area contributed by atoms with Gasteiger partial charge in [-0.1, -0.05) is 42.5 Å². The summed E-state index contributed by atoms with van der Waals surface area (Å²) in [5, 5.41) is 0. The van der Waals surface area contributed by atoms with Gasteiger partial charge in [-0.25, -0.2) is 4.39 Å². The molecule has 0 saturated carbocycles. The SMILES string of the molecule is Fc1cccc(CN(Cc2ccccc2)CC2CCCO2)c1. The van der Waals surface area contributed by atoms with Crippen LogP contribution in [0.15, 0.2) is 54.6 Å². The molecule has 1 aliphatic heterocycles. The number of ether oxygens (including phenoxy) is 1. The van der Waals surface area contributed by atoms with E-state index >= 15 is 0 Å². The lowest BCUT2D eigenvalue weighted by Crippen LogP contribution is -2.31. The van der Waals surface area contributed by atoms with Crippen molar-refractivity contribution in [3.8, 4) is 0 Å². The quantitative estimate of drug-likeness (QED) is 0.799. The number of nitrogens with zero attached hydrogens (tertiary/aromatic N) is 1. The van der Waals surface area contributed by atoms with Crippen LogP contribution in [-0.4, -0.2) is 24.2 Å². The fourth-order valence-corrected chi connectivity index (χ4v) is 3.00. The highest BCUT2D eigenvalue weighted by atomic mass is 19.1. The highest BCUT2D eigenvalue weighted by molar-refractivity contribution is 5.18. The first kappa shape index (κ1) is 15.2. The van der Waals surface area contributed by atoms with Crippen molar-refractivity contribution < 1.29 is 9.13 Å². The Kier molecular flexibility index (Phi) is 5.20. The normalized spacial score (nSPS) is 18.0. The number of halogens is 1. The highest BCUT2D eigenvalue weighted by Gasteiger charge is 2.19. The predicted octanol–water partition coefficient (Wildman–Crippen LogP) is 4.01. The minimum Gasteiger partial charge on any atom is -0.377 e. The summed E-state index contributed by atoms with van der Waals surface area (Å²) in [6.07, 6.45) is 2.57. The van der Waals surface area contributed by atoms with Gasteiger partial charge in [0.05, 0.1) is 6.10 Å². The van der Waals surface area contributed by atoms with Crippen LogP contribution in [0.2, 0.25) is 0 Å². The number of benzene rings is 2. The van der Waals surface area contributed by atoms with Gasteiger partial charge < -0.3 is 4.74 Å². The summed E-state index contributed by atoms with van der Waals surface area (Å²) >= 11 is 0. The van der Waals surface area contributed by atoms with E-state index in [9.17, 15) is 4.39 Å². The van der Waals surface area contributed by atoms with E-state index < -0.39 is 0 Å². The summed E-state index contributed by atoms with van der Waals surface area (Å²) in [4.78, 5) is 2.35. The lowest BCUT2D eigenvalue weighted by molar-refractivity contribution is 0.0679. The Labute approximate surface area is 131 Å². The minimum atomic E-state index is -0.172. The molecular weight excluding hydrogens is 277 g/mol. The monoisotopic (exact) mass is 299 g/mol. The Balaban J connectivity index is 1.70. The Morgan fingerprint density at radius 3 is 2.50 bits per heavy atom. The Morgan fingerprint density at radius 2 is 1.77 bits per heavy atom. The van der Waals surface area contributed by atoms with Crippen LogP contribution in [0, 0.1) is 5.82 Å². The van der Waals surface area contributed by atoms with Gasteiger partial charge in [-0.2, -0.15) is 0 Å². The van der Waals surface area contributed by atoms with E-state index in [2.05, 4.69) is 29.2 Å². The fourth-order valence-electron chi connectivity index (χ4n) is 3.00. The largest absolute Gasteiger partial charge is 0.377 e. The van der Waals surface area contributed by atoms with Crippen LogP contribution in [-0.2, 0) is 17.8 Å². The van der Waals surface area contributed by atoms with E-state index in [4.69, 9.17) is 4.74 Å². The minimum absolute atomic E-state index is 0.172. The van der Waals surface area contributed by atoms with Gasteiger partial charge in [-0.15, -0.1) is 0 Å². The molecular formula is C19H22FNO. The molecule has 2 aromatic rings. The maximum Gasteiger partial charge on any atom is 0.123 e. The zero-order valence-corrected chi connectivity index (χ0v) is 12.7. The second-order valence-electron chi connectivity index (χ2n) is 5.92. The van der Waals surface area contributed by atoms with Crippen LogP contribution in [0.5, 0.6) is 0 Å². The Bertz CT molecular complexity index is 581. The van der Waals surface area contributed by atoms with E-state index in [1.54, 1.807) is 12.1 Å². The second kappa shape index (κ2) is 7.52. The summed E-state index contributed by atoms with van der Waals surface area (Å²) in [6.45, 7) is 3.36. The van der Waals surface area contributed by atoms with Crippen molar-refractivity contribution in [2.45, 2.75) is 32.0 Å². The fraction of sp³-hybridized carbons (Fsp3) is 0.368. The number of hydrogen-bond donors (Lipinski definition) is 0. The molecule has 1 atom stereocenters. The molecule has 2 nitrogen and oxygen atoms in total. The van der Waals surface area contributed by atoms with E-state index in [-0.39, 0.29) is 5.82 Å². The first-order valence-corrected chi connectivity index (χ1v) is 7.92. The van der Waals surface area contributed by atoms with Crippen LogP contribution in [0.4, 0.5) is 4.39 Å². The van der Waals surface area contributed by atoms with Gasteiger partial charge in [0.25, 0.3) is 0 Å². The van der Waals surface area contributed by atoms with Gasteiger partial charge in [-0.05, 0) is 36.1 Å². The molecule has 0 N–H and O–H groups in total. The summed E-state index contributed by atoms with van der Waals surface area (Å²) in [6, 6.07) is 17.3. The van der Waals surface area contributed by atoms with E-state index in [0.29, 0.717) is 6.10 Å². The molecule has 2 aromatic carbocycles. The van der Waals surface area contributed by atoms with Crippen LogP contribution < -0.4 is 0 Å². The van der Waals surface area contributed by atoms with Crippen molar-refractivity contribution in [1.82, 2.24) is 4.90 Å². The van der Waals surface area contributed by atoms with Gasteiger partial charge in [0, 0.05) is 26.2 Å². The van der Waals surface area contributed by atoms with E-state index in [0.717, 1.165) is 44.6 Å². The Morgan fingerprint density at radius 1 is 1.00 bits per heavy atom. The van der Waals surface area contributed by atoms with Crippen molar-refractivity contribution in [2.24, 2.45) is 0 Å². The molecule has 22 heavy (non-hydrogen) atoms. The molecule has 3 heteroatoms. The topological polar surface area (TPSA) is 12.5 Å². The van der Waals surface area contributed by atoms with Crippen molar-refractivity contribution in [3.63, 3.8) is 0 Å². The molecule has 0 bridgehead atoms. The lowest BCUT2D eigenvalue weighted by Gasteiger charge is -2.25. The molecule has 1 aliphatic rings. The molecule has 0 radical (unpaired) electrons. The average molecular weight is 299 g/mol. The van der Waals surface area contributed by atoms with E-state index in [1.165, 1.54) is 11.6 Å². The molecule has 0 spiro atoms. The summed E-state index contributed by atoms with van der Waals surface area (Å²) in [5.41, 5.74) is 2.28. The molecule has 116 valence electrons. The third-order valence-electron chi connectivity index (χ3n) is 4.03. The lowest BCUT2D eigenvalue weighted by atomic mass is 10.1. The van der Waals surface area contributed by atoms with E-state index in [1.807, 2.05) is 12.1 Å². The van der Waals surface area contributed by atoms with Gasteiger partial charge in [0.2, 0.25) is 0 Å². The van der Waals surface area contributed by atoms with Crippen molar-refractivity contribution >= 4 is 0 Å². The molecule has 1 fully saturated rings.